The van der Waals surface area contributed by atoms with E-state index in [9.17, 15) is 0 Å². The molecule has 16 heavy (non-hydrogen) atoms. The molecule has 0 spiro atoms. The average Bonchev–Trinajstić information content (AvgIpc) is 2.29. The molecule has 0 amide bonds. The minimum Gasteiger partial charge on any atom is -0.497 e. The van der Waals surface area contributed by atoms with Gasteiger partial charge in [-0.15, -0.1) is 12.4 Å². The highest BCUT2D eigenvalue weighted by molar-refractivity contribution is 5.85. The summed E-state index contributed by atoms with van der Waals surface area (Å²) >= 11 is 0. The molecule has 0 fully saturated rings. The Morgan fingerprint density at radius 1 is 1.12 bits per heavy atom. The molecular formula is C11H18ClNO3. The third kappa shape index (κ3) is 4.70. The topological polar surface area (TPSA) is 50.7 Å². The Bertz CT molecular complexity index is 285. The molecule has 0 saturated heterocycles. The molecule has 0 unspecified atom stereocenters. The number of methoxy groups -OCH3 is 2. The van der Waals surface area contributed by atoms with Gasteiger partial charge in [0.25, 0.3) is 0 Å². The van der Waals surface area contributed by atoms with E-state index in [1.165, 1.54) is 0 Å². The van der Waals surface area contributed by atoms with E-state index in [2.05, 4.69) is 5.32 Å². The summed E-state index contributed by atoms with van der Waals surface area (Å²) in [6.45, 7) is 1.41. The molecule has 5 heteroatoms. The highest BCUT2D eigenvalue weighted by Gasteiger charge is 2.01. The second-order valence-electron chi connectivity index (χ2n) is 3.12. The van der Waals surface area contributed by atoms with Crippen molar-refractivity contribution in [2.45, 2.75) is 6.54 Å². The summed E-state index contributed by atoms with van der Waals surface area (Å²) in [6.07, 6.45) is 0. The molecule has 0 aliphatic carbocycles. The van der Waals surface area contributed by atoms with Crippen molar-refractivity contribution in [2.24, 2.45) is 0 Å². The van der Waals surface area contributed by atoms with Crippen LogP contribution in [0.1, 0.15) is 5.56 Å². The number of hydrogen-bond acceptors (Lipinski definition) is 4. The van der Waals surface area contributed by atoms with E-state index in [0.29, 0.717) is 13.1 Å². The maximum absolute atomic E-state index is 8.63. The normalized spacial score (nSPS) is 9.44. The van der Waals surface area contributed by atoms with Crippen LogP contribution in [0.2, 0.25) is 0 Å². The number of rotatable bonds is 6. The standard InChI is InChI=1S/C11H17NO3.ClH/c1-14-10-5-9(8-12-3-4-13)6-11(7-10)15-2;/h5-7,12-13H,3-4,8H2,1-2H3;1H. The number of nitrogens with one attached hydrogen (secondary N) is 1. The summed E-state index contributed by atoms with van der Waals surface area (Å²) < 4.78 is 10.3. The molecule has 0 heterocycles. The summed E-state index contributed by atoms with van der Waals surface area (Å²) in [5, 5.41) is 11.7. The van der Waals surface area contributed by atoms with Gasteiger partial charge in [0.15, 0.2) is 0 Å². The van der Waals surface area contributed by atoms with Crippen LogP contribution < -0.4 is 14.8 Å². The van der Waals surface area contributed by atoms with E-state index < -0.39 is 0 Å². The zero-order valence-electron chi connectivity index (χ0n) is 9.53. The minimum absolute atomic E-state index is 0. The lowest BCUT2D eigenvalue weighted by Crippen LogP contribution is -2.17. The van der Waals surface area contributed by atoms with Crippen molar-refractivity contribution < 1.29 is 14.6 Å². The van der Waals surface area contributed by atoms with Crippen LogP contribution in [0, 0.1) is 0 Å². The summed E-state index contributed by atoms with van der Waals surface area (Å²) in [4.78, 5) is 0. The first kappa shape index (κ1) is 15.0. The van der Waals surface area contributed by atoms with Gasteiger partial charge in [0.2, 0.25) is 0 Å². The Morgan fingerprint density at radius 2 is 1.69 bits per heavy atom. The largest absolute Gasteiger partial charge is 0.497 e. The van der Waals surface area contributed by atoms with Crippen LogP contribution in [0.15, 0.2) is 18.2 Å². The van der Waals surface area contributed by atoms with Crippen LogP contribution in [0.5, 0.6) is 11.5 Å². The summed E-state index contributed by atoms with van der Waals surface area (Å²) in [5.41, 5.74) is 1.07. The zero-order chi connectivity index (χ0) is 11.1. The van der Waals surface area contributed by atoms with Gasteiger partial charge in [-0.3, -0.25) is 0 Å². The third-order valence-corrected chi connectivity index (χ3v) is 2.03. The fraction of sp³-hybridized carbons (Fsp3) is 0.455. The number of ether oxygens (including phenoxy) is 2. The summed E-state index contributed by atoms with van der Waals surface area (Å²) in [6, 6.07) is 5.70. The van der Waals surface area contributed by atoms with Crippen molar-refractivity contribution in [3.05, 3.63) is 23.8 Å². The lowest BCUT2D eigenvalue weighted by molar-refractivity contribution is 0.292. The first-order chi connectivity index (χ1) is 7.30. The Kier molecular flexibility index (Phi) is 7.72. The molecular weight excluding hydrogens is 230 g/mol. The molecule has 0 bridgehead atoms. The van der Waals surface area contributed by atoms with Crippen LogP contribution in [-0.2, 0) is 6.54 Å². The minimum atomic E-state index is 0. The number of aliphatic hydroxyl groups is 1. The highest BCUT2D eigenvalue weighted by atomic mass is 35.5. The Hall–Kier alpha value is -0.970. The highest BCUT2D eigenvalue weighted by Crippen LogP contribution is 2.22. The molecule has 0 aliphatic heterocycles. The van der Waals surface area contributed by atoms with Crippen LogP contribution in [-0.4, -0.2) is 32.5 Å². The average molecular weight is 248 g/mol. The number of aliphatic hydroxyl groups excluding tert-OH is 1. The van der Waals surface area contributed by atoms with E-state index >= 15 is 0 Å². The second-order valence-corrected chi connectivity index (χ2v) is 3.12. The molecule has 1 aromatic carbocycles. The maximum Gasteiger partial charge on any atom is 0.122 e. The van der Waals surface area contributed by atoms with Crippen molar-refractivity contribution in [3.8, 4) is 11.5 Å². The molecule has 4 nitrogen and oxygen atoms in total. The predicted molar refractivity (Wildman–Crippen MR) is 65.6 cm³/mol. The van der Waals surface area contributed by atoms with Gasteiger partial charge in [-0.25, -0.2) is 0 Å². The van der Waals surface area contributed by atoms with E-state index in [1.807, 2.05) is 18.2 Å². The lowest BCUT2D eigenvalue weighted by atomic mass is 10.2. The fourth-order valence-electron chi connectivity index (χ4n) is 1.28. The van der Waals surface area contributed by atoms with Gasteiger partial charge in [0, 0.05) is 19.2 Å². The first-order valence-electron chi connectivity index (χ1n) is 4.83. The van der Waals surface area contributed by atoms with Crippen LogP contribution in [0.3, 0.4) is 0 Å². The quantitative estimate of drug-likeness (QED) is 0.742. The Balaban J connectivity index is 0.00000225. The van der Waals surface area contributed by atoms with Gasteiger partial charge in [-0.1, -0.05) is 0 Å². The summed E-state index contributed by atoms with van der Waals surface area (Å²) in [5.74, 6) is 1.55. The van der Waals surface area contributed by atoms with Gasteiger partial charge in [-0.2, -0.15) is 0 Å². The molecule has 0 radical (unpaired) electrons. The monoisotopic (exact) mass is 247 g/mol. The molecule has 92 valence electrons. The lowest BCUT2D eigenvalue weighted by Gasteiger charge is -2.08. The van der Waals surface area contributed by atoms with Crippen molar-refractivity contribution >= 4 is 12.4 Å². The molecule has 2 N–H and O–H groups in total. The van der Waals surface area contributed by atoms with E-state index in [-0.39, 0.29) is 19.0 Å². The molecule has 0 aliphatic rings. The van der Waals surface area contributed by atoms with Gasteiger partial charge in [0.1, 0.15) is 11.5 Å². The van der Waals surface area contributed by atoms with Crippen LogP contribution in [0.25, 0.3) is 0 Å². The SMILES string of the molecule is COc1cc(CNCCO)cc(OC)c1.Cl. The van der Waals surface area contributed by atoms with Crippen molar-refractivity contribution in [2.75, 3.05) is 27.4 Å². The maximum atomic E-state index is 8.63. The van der Waals surface area contributed by atoms with Crippen LogP contribution in [0.4, 0.5) is 0 Å². The Labute approximate surface area is 102 Å². The second kappa shape index (κ2) is 8.21. The first-order valence-corrected chi connectivity index (χ1v) is 4.83. The fourth-order valence-corrected chi connectivity index (χ4v) is 1.28. The predicted octanol–water partition coefficient (Wildman–Crippen LogP) is 1.21. The molecule has 0 atom stereocenters. The van der Waals surface area contributed by atoms with Crippen LogP contribution >= 0.6 is 12.4 Å². The Morgan fingerprint density at radius 3 is 2.12 bits per heavy atom. The van der Waals surface area contributed by atoms with Crippen molar-refractivity contribution in [1.82, 2.24) is 5.32 Å². The van der Waals surface area contributed by atoms with Crippen molar-refractivity contribution in [1.29, 1.82) is 0 Å². The van der Waals surface area contributed by atoms with Gasteiger partial charge >= 0.3 is 0 Å². The summed E-state index contributed by atoms with van der Waals surface area (Å²) in [7, 11) is 3.25. The number of halogens is 1. The molecule has 1 aromatic rings. The number of benzene rings is 1. The molecule has 0 saturated carbocycles. The van der Waals surface area contributed by atoms with Gasteiger partial charge in [-0.05, 0) is 17.7 Å². The molecule has 1 rings (SSSR count). The number of hydrogen-bond donors (Lipinski definition) is 2. The molecule has 0 aromatic heterocycles. The van der Waals surface area contributed by atoms with E-state index in [1.54, 1.807) is 14.2 Å². The van der Waals surface area contributed by atoms with E-state index in [4.69, 9.17) is 14.6 Å². The van der Waals surface area contributed by atoms with Gasteiger partial charge < -0.3 is 19.9 Å². The smallest absolute Gasteiger partial charge is 0.122 e. The third-order valence-electron chi connectivity index (χ3n) is 2.03. The van der Waals surface area contributed by atoms with Gasteiger partial charge in [0.05, 0.1) is 20.8 Å². The van der Waals surface area contributed by atoms with Crippen molar-refractivity contribution in [3.63, 3.8) is 0 Å². The van der Waals surface area contributed by atoms with E-state index in [0.717, 1.165) is 17.1 Å². The zero-order valence-corrected chi connectivity index (χ0v) is 10.3.